The zero-order valence-electron chi connectivity index (χ0n) is 18.6. The lowest BCUT2D eigenvalue weighted by Crippen LogP contribution is -2.31. The standard InChI is InChI=1S/C24H30N4O3S/c1-3-27(4-2)32(30,31)19-14-11-18(12-15-19)13-16-23(29)28-17-7-10-22(28)24-25-20-8-5-6-9-21(20)26-24/h5-6,8-9,11-12,14-15,22H,3-4,7,10,13,16-17H2,1-2H3,(H,25,26). The molecule has 4 rings (SSSR count). The predicted octanol–water partition coefficient (Wildman–Crippen LogP) is 3.89. The summed E-state index contributed by atoms with van der Waals surface area (Å²) in [6, 6.07) is 14.8. The van der Waals surface area contributed by atoms with Crippen molar-refractivity contribution in [2.45, 2.75) is 50.5 Å². The third-order valence-electron chi connectivity index (χ3n) is 6.19. The van der Waals surface area contributed by atoms with E-state index < -0.39 is 10.0 Å². The first-order valence-electron chi connectivity index (χ1n) is 11.3. The molecule has 7 nitrogen and oxygen atoms in total. The van der Waals surface area contributed by atoms with Gasteiger partial charge in [0.05, 0.1) is 22.0 Å². The average molecular weight is 455 g/mol. The molecular weight excluding hydrogens is 424 g/mol. The molecule has 8 heteroatoms. The third kappa shape index (κ3) is 4.42. The summed E-state index contributed by atoms with van der Waals surface area (Å²) in [5, 5.41) is 0. The number of sulfonamides is 1. The Morgan fingerprint density at radius 1 is 1.12 bits per heavy atom. The van der Waals surface area contributed by atoms with Crippen LogP contribution < -0.4 is 0 Å². The number of carbonyl (C=O) groups excluding carboxylic acids is 1. The predicted molar refractivity (Wildman–Crippen MR) is 125 cm³/mol. The molecule has 0 radical (unpaired) electrons. The zero-order valence-corrected chi connectivity index (χ0v) is 19.4. The largest absolute Gasteiger partial charge is 0.340 e. The Labute approximate surface area is 189 Å². The summed E-state index contributed by atoms with van der Waals surface area (Å²) in [6.45, 7) is 5.28. The van der Waals surface area contributed by atoms with Crippen molar-refractivity contribution in [1.82, 2.24) is 19.2 Å². The first-order valence-corrected chi connectivity index (χ1v) is 12.7. The van der Waals surface area contributed by atoms with Gasteiger partial charge in [0.25, 0.3) is 0 Å². The Balaban J connectivity index is 1.41. The molecular formula is C24H30N4O3S. The summed E-state index contributed by atoms with van der Waals surface area (Å²) in [4.78, 5) is 23.3. The van der Waals surface area contributed by atoms with Gasteiger partial charge in [0.2, 0.25) is 15.9 Å². The molecule has 1 N–H and O–H groups in total. The smallest absolute Gasteiger partial charge is 0.243 e. The number of benzene rings is 2. The first kappa shape index (κ1) is 22.5. The Hall–Kier alpha value is -2.71. The average Bonchev–Trinajstić information content (AvgIpc) is 3.45. The number of nitrogens with one attached hydrogen (secondary N) is 1. The van der Waals surface area contributed by atoms with Crippen LogP contribution in [0.2, 0.25) is 0 Å². The summed E-state index contributed by atoms with van der Waals surface area (Å²) >= 11 is 0. The van der Waals surface area contributed by atoms with Gasteiger partial charge in [-0.05, 0) is 49.1 Å². The Morgan fingerprint density at radius 2 is 1.84 bits per heavy atom. The van der Waals surface area contributed by atoms with Crippen LogP contribution in [0.15, 0.2) is 53.4 Å². The molecule has 1 fully saturated rings. The van der Waals surface area contributed by atoms with Crippen LogP contribution in [0.1, 0.15) is 50.5 Å². The van der Waals surface area contributed by atoms with Gasteiger partial charge >= 0.3 is 0 Å². The normalized spacial score (nSPS) is 16.8. The van der Waals surface area contributed by atoms with Crippen molar-refractivity contribution in [2.75, 3.05) is 19.6 Å². The van der Waals surface area contributed by atoms with Crippen molar-refractivity contribution < 1.29 is 13.2 Å². The highest BCUT2D eigenvalue weighted by Crippen LogP contribution is 2.32. The van der Waals surface area contributed by atoms with Crippen molar-refractivity contribution in [3.8, 4) is 0 Å². The van der Waals surface area contributed by atoms with E-state index in [0.717, 1.165) is 41.8 Å². The second-order valence-corrected chi connectivity index (χ2v) is 10.1. The van der Waals surface area contributed by atoms with Crippen molar-refractivity contribution in [1.29, 1.82) is 0 Å². The van der Waals surface area contributed by atoms with E-state index >= 15 is 0 Å². The van der Waals surface area contributed by atoms with E-state index in [1.54, 1.807) is 12.1 Å². The highest BCUT2D eigenvalue weighted by Gasteiger charge is 2.31. The monoisotopic (exact) mass is 454 g/mol. The number of aryl methyl sites for hydroxylation is 1. The molecule has 1 aliphatic heterocycles. The summed E-state index contributed by atoms with van der Waals surface area (Å²) in [5.74, 6) is 0.954. The Bertz CT molecular complexity index is 1150. The highest BCUT2D eigenvalue weighted by molar-refractivity contribution is 7.89. The van der Waals surface area contributed by atoms with Crippen LogP contribution in [0.3, 0.4) is 0 Å². The molecule has 0 bridgehead atoms. The number of carbonyl (C=O) groups is 1. The summed E-state index contributed by atoms with van der Waals surface area (Å²) in [6.07, 6.45) is 2.83. The maximum absolute atomic E-state index is 13.0. The minimum absolute atomic E-state index is 0.0171. The van der Waals surface area contributed by atoms with Crippen molar-refractivity contribution in [2.24, 2.45) is 0 Å². The van der Waals surface area contributed by atoms with Gasteiger partial charge in [0, 0.05) is 26.1 Å². The van der Waals surface area contributed by atoms with Crippen LogP contribution in [0.5, 0.6) is 0 Å². The molecule has 1 amide bonds. The fraction of sp³-hybridized carbons (Fsp3) is 0.417. The first-order chi connectivity index (χ1) is 15.4. The van der Waals surface area contributed by atoms with Crippen LogP contribution in [-0.2, 0) is 21.2 Å². The van der Waals surface area contributed by atoms with Crippen molar-refractivity contribution in [3.05, 3.63) is 59.9 Å². The second-order valence-electron chi connectivity index (χ2n) is 8.12. The SMILES string of the molecule is CCN(CC)S(=O)(=O)c1ccc(CCC(=O)N2CCCC2c2nc3ccccc3[nH]2)cc1. The number of nitrogens with zero attached hydrogens (tertiary/aromatic N) is 3. The quantitative estimate of drug-likeness (QED) is 0.559. The van der Waals surface area contributed by atoms with Gasteiger partial charge in [0.15, 0.2) is 0 Å². The fourth-order valence-corrected chi connectivity index (χ4v) is 5.87. The van der Waals surface area contributed by atoms with E-state index in [1.165, 1.54) is 4.31 Å². The Morgan fingerprint density at radius 3 is 2.53 bits per heavy atom. The topological polar surface area (TPSA) is 86.4 Å². The third-order valence-corrected chi connectivity index (χ3v) is 8.25. The number of amides is 1. The second kappa shape index (κ2) is 9.42. The number of fused-ring (bicyclic) bond motifs is 1. The fourth-order valence-electron chi connectivity index (χ4n) is 4.42. The molecule has 2 heterocycles. The molecule has 1 atom stereocenters. The van der Waals surface area contributed by atoms with E-state index in [-0.39, 0.29) is 11.9 Å². The van der Waals surface area contributed by atoms with Crippen LogP contribution in [-0.4, -0.2) is 53.1 Å². The highest BCUT2D eigenvalue weighted by atomic mass is 32.2. The van der Waals surface area contributed by atoms with Gasteiger partial charge in [0.1, 0.15) is 5.82 Å². The van der Waals surface area contributed by atoms with E-state index in [0.29, 0.717) is 30.8 Å². The molecule has 1 aromatic heterocycles. The molecule has 2 aromatic carbocycles. The number of rotatable bonds is 8. The van der Waals surface area contributed by atoms with E-state index in [4.69, 9.17) is 4.98 Å². The number of hydrogen-bond donors (Lipinski definition) is 1. The van der Waals surface area contributed by atoms with E-state index in [9.17, 15) is 13.2 Å². The minimum atomic E-state index is -3.46. The molecule has 170 valence electrons. The van der Waals surface area contributed by atoms with Gasteiger partial charge in [-0.25, -0.2) is 13.4 Å². The molecule has 1 aliphatic rings. The van der Waals surface area contributed by atoms with Crippen molar-refractivity contribution >= 4 is 27.0 Å². The van der Waals surface area contributed by atoms with Gasteiger partial charge in [-0.2, -0.15) is 4.31 Å². The molecule has 0 spiro atoms. The van der Waals surface area contributed by atoms with Gasteiger partial charge in [-0.3, -0.25) is 4.79 Å². The minimum Gasteiger partial charge on any atom is -0.340 e. The number of H-pyrrole nitrogens is 1. The van der Waals surface area contributed by atoms with Gasteiger partial charge in [-0.1, -0.05) is 38.1 Å². The van der Waals surface area contributed by atoms with E-state index in [2.05, 4.69) is 4.98 Å². The lowest BCUT2D eigenvalue weighted by molar-refractivity contribution is -0.132. The number of imidazole rings is 1. The van der Waals surface area contributed by atoms with Crippen LogP contribution in [0.4, 0.5) is 0 Å². The maximum atomic E-state index is 13.0. The molecule has 0 aliphatic carbocycles. The maximum Gasteiger partial charge on any atom is 0.243 e. The molecule has 32 heavy (non-hydrogen) atoms. The number of para-hydroxylation sites is 2. The van der Waals surface area contributed by atoms with Crippen LogP contribution in [0.25, 0.3) is 11.0 Å². The van der Waals surface area contributed by atoms with Gasteiger partial charge < -0.3 is 9.88 Å². The molecule has 3 aromatic rings. The summed E-state index contributed by atoms with van der Waals surface area (Å²) in [7, 11) is -3.46. The molecule has 1 unspecified atom stereocenters. The zero-order chi connectivity index (χ0) is 22.7. The van der Waals surface area contributed by atoms with Gasteiger partial charge in [-0.15, -0.1) is 0 Å². The van der Waals surface area contributed by atoms with Crippen LogP contribution >= 0.6 is 0 Å². The summed E-state index contributed by atoms with van der Waals surface area (Å²) in [5.41, 5.74) is 2.86. The molecule has 0 saturated carbocycles. The lowest BCUT2D eigenvalue weighted by atomic mass is 10.1. The van der Waals surface area contributed by atoms with E-state index in [1.807, 2.05) is 55.1 Å². The number of hydrogen-bond acceptors (Lipinski definition) is 4. The van der Waals surface area contributed by atoms with Crippen molar-refractivity contribution in [3.63, 3.8) is 0 Å². The summed E-state index contributed by atoms with van der Waals surface area (Å²) < 4.78 is 26.7. The molecule has 1 saturated heterocycles. The lowest BCUT2D eigenvalue weighted by Gasteiger charge is -2.23. The Kier molecular flexibility index (Phi) is 6.62. The van der Waals surface area contributed by atoms with Crippen LogP contribution in [0, 0.1) is 0 Å². The number of aromatic nitrogens is 2. The number of aromatic amines is 1. The number of likely N-dealkylation sites (tertiary alicyclic amines) is 1.